The number of hydrogen-bond donors (Lipinski definition) is 18. The normalized spacial score (nSPS) is 12.0. The van der Waals surface area contributed by atoms with E-state index in [0.29, 0.717) is 25.1 Å². The van der Waals surface area contributed by atoms with E-state index in [1.807, 2.05) is 0 Å². The molecule has 0 unspecified atom stereocenters. The molecule has 0 saturated heterocycles. The molecule has 0 saturated carbocycles. The van der Waals surface area contributed by atoms with Gasteiger partial charge in [0.2, 0.25) is 17.7 Å². The summed E-state index contributed by atoms with van der Waals surface area (Å²) in [6.45, 7) is 2.32. The van der Waals surface area contributed by atoms with Crippen LogP contribution in [0.1, 0.15) is 86.9 Å². The van der Waals surface area contributed by atoms with Crippen molar-refractivity contribution in [2.75, 3.05) is 75.9 Å². The van der Waals surface area contributed by atoms with Crippen LogP contribution in [-0.2, 0) is 14.4 Å². The fraction of sp³-hybridized carbons (Fsp3) is 0.358. The minimum atomic E-state index is -1.26. The van der Waals surface area contributed by atoms with E-state index < -0.39 is 65.5 Å². The first-order valence-electron chi connectivity index (χ1n) is 25.7. The highest BCUT2D eigenvalue weighted by atomic mass is 16.5. The van der Waals surface area contributed by atoms with Crippen LogP contribution in [0.3, 0.4) is 0 Å². The quantitative estimate of drug-likeness (QED) is 0.0181. The zero-order valence-corrected chi connectivity index (χ0v) is 46.2. The molecular weight excluding hydrogens is 1060 g/mol. The molecule has 0 radical (unpaired) electrons. The Morgan fingerprint density at radius 1 is 0.463 bits per heavy atom. The van der Waals surface area contributed by atoms with Gasteiger partial charge in [0.15, 0.2) is 17.9 Å². The molecule has 4 rings (SSSR count). The number of methoxy groups -OCH3 is 4. The molecule has 82 heavy (non-hydrogen) atoms. The van der Waals surface area contributed by atoms with Crippen molar-refractivity contribution < 1.29 is 52.5 Å². The first-order valence-corrected chi connectivity index (χ1v) is 25.7. The highest BCUT2D eigenvalue weighted by Gasteiger charge is 2.28. The van der Waals surface area contributed by atoms with Gasteiger partial charge in [0.25, 0.3) is 23.6 Å². The number of carbonyl (C=O) groups excluding carboxylic acids is 7. The van der Waals surface area contributed by atoms with Gasteiger partial charge in [0.1, 0.15) is 35.1 Å². The van der Waals surface area contributed by atoms with Crippen LogP contribution in [0.5, 0.6) is 23.0 Å². The molecule has 442 valence electrons. The van der Waals surface area contributed by atoms with Gasteiger partial charge in [-0.1, -0.05) is 0 Å². The molecule has 29 nitrogen and oxygen atoms in total. The number of rotatable bonds is 32. The lowest BCUT2D eigenvalue weighted by atomic mass is 10.1. The molecule has 4 aromatic rings. The van der Waals surface area contributed by atoms with Crippen LogP contribution in [-0.4, -0.2) is 138 Å². The Bertz CT molecular complexity index is 2960. The zero-order valence-electron chi connectivity index (χ0n) is 46.2. The van der Waals surface area contributed by atoms with Crippen LogP contribution in [0.25, 0.3) is 0 Å². The van der Waals surface area contributed by atoms with Gasteiger partial charge in [-0.05, 0) is 118 Å². The summed E-state index contributed by atoms with van der Waals surface area (Å²) >= 11 is 0. The largest absolute Gasteiger partial charge is 0.496 e. The summed E-state index contributed by atoms with van der Waals surface area (Å²) in [6, 6.07) is 13.8. The van der Waals surface area contributed by atoms with Crippen molar-refractivity contribution in [1.29, 1.82) is 16.2 Å². The van der Waals surface area contributed by atoms with E-state index in [9.17, 15) is 33.6 Å². The Balaban J connectivity index is 1.59. The van der Waals surface area contributed by atoms with Crippen molar-refractivity contribution in [3.8, 4) is 23.0 Å². The molecule has 4 aromatic carbocycles. The minimum Gasteiger partial charge on any atom is -0.496 e. The number of anilines is 4. The van der Waals surface area contributed by atoms with Crippen LogP contribution in [0, 0.1) is 16.2 Å². The summed E-state index contributed by atoms with van der Waals surface area (Å²) in [7, 11) is 5.44. The molecule has 7 amide bonds. The van der Waals surface area contributed by atoms with E-state index in [0.717, 1.165) is 0 Å². The second kappa shape index (κ2) is 32.1. The summed E-state index contributed by atoms with van der Waals surface area (Å²) in [5.74, 6) is -4.94. The maximum Gasteiger partial charge on any atom is 0.255 e. The fourth-order valence-electron chi connectivity index (χ4n) is 7.98. The Kier molecular flexibility index (Phi) is 25.3. The van der Waals surface area contributed by atoms with Gasteiger partial charge in [0, 0.05) is 55.0 Å². The summed E-state index contributed by atoms with van der Waals surface area (Å²) in [6.07, 6.45) is 1.39. The number of primary amides is 1. The van der Waals surface area contributed by atoms with E-state index in [4.69, 9.17) is 63.8 Å². The number of benzene rings is 4. The smallest absolute Gasteiger partial charge is 0.255 e. The highest BCUT2D eigenvalue weighted by molar-refractivity contribution is 6.06. The van der Waals surface area contributed by atoms with Crippen LogP contribution in [0.15, 0.2) is 72.8 Å². The average molecular weight is 1140 g/mol. The van der Waals surface area contributed by atoms with Crippen LogP contribution >= 0.6 is 0 Å². The first-order chi connectivity index (χ1) is 39.1. The maximum atomic E-state index is 14.3. The van der Waals surface area contributed by atoms with E-state index in [2.05, 4.69) is 53.2 Å². The van der Waals surface area contributed by atoms with Crippen molar-refractivity contribution in [1.82, 2.24) is 31.9 Å². The second-order valence-corrected chi connectivity index (χ2v) is 18.3. The molecule has 0 aliphatic carbocycles. The van der Waals surface area contributed by atoms with Gasteiger partial charge in [-0.3, -0.25) is 49.8 Å². The predicted molar refractivity (Wildman–Crippen MR) is 310 cm³/mol. The number of carbonyl (C=O) groups is 7. The predicted octanol–water partition coefficient (Wildman–Crippen LogP) is 0.580. The van der Waals surface area contributed by atoms with Crippen molar-refractivity contribution in [3.05, 3.63) is 95.1 Å². The molecule has 0 aliphatic rings. The van der Waals surface area contributed by atoms with Crippen LogP contribution < -0.4 is 101 Å². The SMILES string of the molecule is COc1ccc(NC[C@@H](CCCNC(=N)N)NC(=O)c2cc(NC(=O)[C@@H](CCCNC(=N)N)NC(=O)c3cc(NC(=O)[C@@H](CCCNC(=N)N)NC(=O)c4cc(NC(=O)[C@@H](C)N)ccc4OC)ccc3OC)ccc2OC)cc1C(N)=O. The van der Waals surface area contributed by atoms with Gasteiger partial charge >= 0.3 is 0 Å². The molecule has 0 aromatic heterocycles. The Labute approximate surface area is 473 Å². The third kappa shape index (κ3) is 20.3. The van der Waals surface area contributed by atoms with Gasteiger partial charge in [0.05, 0.1) is 56.7 Å². The number of nitrogens with one attached hydrogen (secondary N) is 13. The zero-order chi connectivity index (χ0) is 60.5. The molecule has 23 N–H and O–H groups in total. The molecular formula is C53H74N18O11. The molecule has 0 fully saturated rings. The topological polar surface area (TPSA) is 478 Å². The first kappa shape index (κ1) is 64.5. The summed E-state index contributed by atoms with van der Waals surface area (Å²) in [5.41, 5.74) is 28.8. The molecule has 4 atom stereocenters. The summed E-state index contributed by atoms with van der Waals surface area (Å²) in [5, 5.41) is 50.5. The lowest BCUT2D eigenvalue weighted by molar-refractivity contribution is -0.118. The van der Waals surface area contributed by atoms with Crippen molar-refractivity contribution >= 4 is 82.0 Å². The van der Waals surface area contributed by atoms with Gasteiger partial charge in [-0.25, -0.2) is 0 Å². The molecule has 0 bridgehead atoms. The fourth-order valence-corrected chi connectivity index (χ4v) is 7.98. The number of hydrogen-bond acceptors (Lipinski definition) is 16. The number of nitrogens with two attached hydrogens (primary N) is 5. The Morgan fingerprint density at radius 3 is 1.15 bits per heavy atom. The van der Waals surface area contributed by atoms with Gasteiger partial charge in [-0.15, -0.1) is 0 Å². The maximum absolute atomic E-state index is 14.3. The Morgan fingerprint density at radius 2 is 0.793 bits per heavy atom. The number of amides is 7. The third-order valence-corrected chi connectivity index (χ3v) is 12.2. The number of guanidine groups is 3. The monoisotopic (exact) mass is 1140 g/mol. The van der Waals surface area contributed by atoms with Crippen LogP contribution in [0.4, 0.5) is 22.7 Å². The third-order valence-electron chi connectivity index (χ3n) is 12.2. The van der Waals surface area contributed by atoms with Gasteiger partial charge in [-0.2, -0.15) is 0 Å². The summed E-state index contributed by atoms with van der Waals surface area (Å²) < 4.78 is 21.7. The standard InChI is InChI=1S/C53H74N18O11/c1-28(54)45(73)66-30-13-17-42(81-4)36(24-30)47(75)70-39(11-8-22-64-53(60)61)50(78)68-32-15-19-43(82-5)37(26-32)48(76)71-38(10-7-21-63-52(58)59)49(77)67-31-14-18-41(80-3)35(25-31)46(74)69-33(9-6-20-62-51(56)57)27-65-29-12-16-40(79-2)34(23-29)44(55)72/h12-19,23-26,28,33,38-39,65H,6-11,20-22,27,54H2,1-5H3,(H2,55,72)(H,66,73)(H,67,77)(H,68,78)(H,69,74)(H,70,75)(H,71,76)(H4,56,57,62)(H4,58,59,63)(H4,60,61,64)/t28-,33-,38-,39-/m1/s1. The van der Waals surface area contributed by atoms with Crippen molar-refractivity contribution in [2.45, 2.75) is 69.6 Å². The van der Waals surface area contributed by atoms with E-state index in [1.54, 1.807) is 12.1 Å². The molecule has 0 aliphatic heterocycles. The number of ether oxygens (including phenoxy) is 4. The lowest BCUT2D eigenvalue weighted by Gasteiger charge is -2.22. The summed E-state index contributed by atoms with van der Waals surface area (Å²) in [4.78, 5) is 95.1. The van der Waals surface area contributed by atoms with Gasteiger partial charge < -0.3 is 101 Å². The lowest BCUT2D eigenvalue weighted by Crippen LogP contribution is -2.45. The highest BCUT2D eigenvalue weighted by Crippen LogP contribution is 2.28. The van der Waals surface area contributed by atoms with Crippen molar-refractivity contribution in [3.63, 3.8) is 0 Å². The molecule has 0 heterocycles. The van der Waals surface area contributed by atoms with E-state index >= 15 is 0 Å². The average Bonchev–Trinajstić information content (AvgIpc) is 3.45. The van der Waals surface area contributed by atoms with E-state index in [-0.39, 0.29) is 126 Å². The minimum absolute atomic E-state index is 0.00839. The Hall–Kier alpha value is -10.1. The molecule has 0 spiro atoms. The van der Waals surface area contributed by atoms with Crippen LogP contribution in [0.2, 0.25) is 0 Å². The second-order valence-electron chi connectivity index (χ2n) is 18.3. The van der Waals surface area contributed by atoms with E-state index in [1.165, 1.54) is 96.0 Å². The molecule has 29 heteroatoms. The van der Waals surface area contributed by atoms with Crippen molar-refractivity contribution in [2.24, 2.45) is 28.7 Å².